The molecular weight excluding hydrogens is 368 g/mol. The molecule has 0 aliphatic heterocycles. The van der Waals surface area contributed by atoms with Crippen molar-refractivity contribution >= 4 is 34.3 Å². The van der Waals surface area contributed by atoms with Gasteiger partial charge in [-0.2, -0.15) is 0 Å². The van der Waals surface area contributed by atoms with E-state index < -0.39 is 5.97 Å². The zero-order valence-electron chi connectivity index (χ0n) is 16.6. The number of Topliss-reactive ketones (excluding diaryl/α,β-unsaturated/α-hetero) is 1. The molecule has 6 nitrogen and oxygen atoms in total. The number of anilines is 1. The summed E-state index contributed by atoms with van der Waals surface area (Å²) in [7, 11) is 0. The van der Waals surface area contributed by atoms with Crippen molar-refractivity contribution in [2.24, 2.45) is 0 Å². The van der Waals surface area contributed by atoms with Crippen LogP contribution in [-0.4, -0.2) is 29.3 Å². The summed E-state index contributed by atoms with van der Waals surface area (Å²) in [5.41, 5.74) is 3.76. The topological polar surface area (TPSA) is 85.4 Å². The number of ketones is 1. The van der Waals surface area contributed by atoms with Crippen molar-refractivity contribution < 1.29 is 19.1 Å². The third-order valence-corrected chi connectivity index (χ3v) is 4.64. The van der Waals surface area contributed by atoms with Crippen LogP contribution in [0.4, 0.5) is 5.69 Å². The third-order valence-electron chi connectivity index (χ3n) is 4.64. The van der Waals surface area contributed by atoms with Gasteiger partial charge in [0.2, 0.25) is 5.91 Å². The molecule has 1 heterocycles. The van der Waals surface area contributed by atoms with E-state index in [1.165, 1.54) is 6.92 Å². The summed E-state index contributed by atoms with van der Waals surface area (Å²) >= 11 is 0. The molecule has 3 aromatic rings. The number of rotatable bonds is 6. The zero-order valence-corrected chi connectivity index (χ0v) is 16.6. The van der Waals surface area contributed by atoms with Crippen molar-refractivity contribution in [3.8, 4) is 0 Å². The Balaban J connectivity index is 1.78. The largest absolute Gasteiger partial charge is 0.454 e. The maximum atomic E-state index is 12.8. The van der Waals surface area contributed by atoms with Gasteiger partial charge in [0.05, 0.1) is 11.1 Å². The van der Waals surface area contributed by atoms with Crippen LogP contribution in [0.25, 0.3) is 10.9 Å². The van der Waals surface area contributed by atoms with E-state index in [9.17, 15) is 14.4 Å². The first-order valence-corrected chi connectivity index (χ1v) is 9.37. The summed E-state index contributed by atoms with van der Waals surface area (Å²) in [5.74, 6) is -1.05. The minimum Gasteiger partial charge on any atom is -0.454 e. The molecule has 0 radical (unpaired) electrons. The smallest absolute Gasteiger partial charge is 0.339 e. The zero-order chi connectivity index (χ0) is 21.0. The number of fused-ring (bicyclic) bond motifs is 1. The number of ether oxygens (including phenoxy) is 1. The van der Waals surface area contributed by atoms with Crippen molar-refractivity contribution in [3.63, 3.8) is 0 Å². The van der Waals surface area contributed by atoms with Gasteiger partial charge < -0.3 is 10.1 Å². The van der Waals surface area contributed by atoms with Crippen LogP contribution in [0.15, 0.2) is 48.5 Å². The number of carbonyl (C=O) groups excluding carboxylic acids is 3. The summed E-state index contributed by atoms with van der Waals surface area (Å²) < 4.78 is 5.34. The lowest BCUT2D eigenvalue weighted by Crippen LogP contribution is -2.16. The van der Waals surface area contributed by atoms with Crippen LogP contribution in [-0.2, 0) is 16.0 Å². The van der Waals surface area contributed by atoms with Gasteiger partial charge in [-0.1, -0.05) is 25.1 Å². The lowest BCUT2D eigenvalue weighted by atomic mass is 10.0. The van der Waals surface area contributed by atoms with E-state index in [1.807, 2.05) is 38.1 Å². The molecule has 0 saturated heterocycles. The predicted octanol–water partition coefficient (Wildman–Crippen LogP) is 4.10. The van der Waals surface area contributed by atoms with Crippen molar-refractivity contribution in [2.45, 2.75) is 27.2 Å². The minimum absolute atomic E-state index is 0.190. The Bertz CT molecular complexity index is 1090. The van der Waals surface area contributed by atoms with Crippen molar-refractivity contribution in [2.75, 3.05) is 11.9 Å². The van der Waals surface area contributed by atoms with E-state index in [0.717, 1.165) is 16.8 Å². The quantitative estimate of drug-likeness (QED) is 0.506. The summed E-state index contributed by atoms with van der Waals surface area (Å²) in [6, 6.07) is 13.8. The van der Waals surface area contributed by atoms with Crippen molar-refractivity contribution in [3.05, 3.63) is 70.9 Å². The summed E-state index contributed by atoms with van der Waals surface area (Å²) in [4.78, 5) is 40.9. The van der Waals surface area contributed by atoms with Gasteiger partial charge in [-0.3, -0.25) is 14.6 Å². The van der Waals surface area contributed by atoms with E-state index in [4.69, 9.17) is 4.74 Å². The van der Waals surface area contributed by atoms with Gasteiger partial charge >= 0.3 is 5.97 Å². The molecule has 1 aromatic heterocycles. The first-order chi connectivity index (χ1) is 13.9. The molecule has 1 N–H and O–H groups in total. The second-order valence-corrected chi connectivity index (χ2v) is 6.69. The Morgan fingerprint density at radius 1 is 1.03 bits per heavy atom. The van der Waals surface area contributed by atoms with Gasteiger partial charge in [0, 0.05) is 29.3 Å². The van der Waals surface area contributed by atoms with Crippen LogP contribution in [0.2, 0.25) is 0 Å². The number of nitrogens with one attached hydrogen (secondary N) is 1. The maximum Gasteiger partial charge on any atom is 0.339 e. The number of para-hydroxylation sites is 1. The number of pyridine rings is 1. The van der Waals surface area contributed by atoms with Gasteiger partial charge in [-0.05, 0) is 49.2 Å². The molecule has 0 bridgehead atoms. The number of hydrogen-bond donors (Lipinski definition) is 1. The van der Waals surface area contributed by atoms with Crippen LogP contribution in [0.3, 0.4) is 0 Å². The number of amides is 1. The Morgan fingerprint density at radius 3 is 2.38 bits per heavy atom. The summed E-state index contributed by atoms with van der Waals surface area (Å²) in [6.45, 7) is 4.87. The average Bonchev–Trinajstić information content (AvgIpc) is 2.71. The molecule has 0 atom stereocenters. The van der Waals surface area contributed by atoms with Crippen LogP contribution in [0.5, 0.6) is 0 Å². The van der Waals surface area contributed by atoms with Crippen LogP contribution >= 0.6 is 0 Å². The molecule has 29 heavy (non-hydrogen) atoms. The van der Waals surface area contributed by atoms with Crippen LogP contribution in [0, 0.1) is 6.92 Å². The lowest BCUT2D eigenvalue weighted by Gasteiger charge is -2.13. The molecule has 0 aliphatic carbocycles. The van der Waals surface area contributed by atoms with E-state index in [-0.39, 0.29) is 18.3 Å². The summed E-state index contributed by atoms with van der Waals surface area (Å²) in [6.07, 6.45) is 0.691. The lowest BCUT2D eigenvalue weighted by molar-refractivity contribution is -0.114. The van der Waals surface area contributed by atoms with E-state index in [2.05, 4.69) is 10.3 Å². The number of benzene rings is 2. The highest BCUT2D eigenvalue weighted by atomic mass is 16.5. The fourth-order valence-corrected chi connectivity index (χ4v) is 3.19. The second-order valence-electron chi connectivity index (χ2n) is 6.69. The fraction of sp³-hybridized carbons (Fsp3) is 0.217. The van der Waals surface area contributed by atoms with Crippen LogP contribution < -0.4 is 5.32 Å². The van der Waals surface area contributed by atoms with Gasteiger partial charge in [0.15, 0.2) is 12.4 Å². The highest BCUT2D eigenvalue weighted by Crippen LogP contribution is 2.24. The van der Waals surface area contributed by atoms with Gasteiger partial charge in [0.1, 0.15) is 0 Å². The van der Waals surface area contributed by atoms with Gasteiger partial charge in [0.25, 0.3) is 0 Å². The standard InChI is InChI=1S/C23H22N2O4/c1-4-19-14(2)22(18-7-5-6-8-20(18)25-19)23(28)29-13-21(27)16-9-11-17(12-10-16)24-15(3)26/h5-12H,4,13H2,1-3H3,(H,24,26). The van der Waals surface area contributed by atoms with Crippen molar-refractivity contribution in [1.29, 1.82) is 0 Å². The molecule has 6 heteroatoms. The molecule has 0 fully saturated rings. The molecule has 0 spiro atoms. The maximum absolute atomic E-state index is 12.8. The van der Waals surface area contributed by atoms with Gasteiger partial charge in [-0.15, -0.1) is 0 Å². The first kappa shape index (κ1) is 20.2. The third kappa shape index (κ3) is 4.48. The number of aryl methyl sites for hydroxylation is 1. The Morgan fingerprint density at radius 2 is 1.72 bits per heavy atom. The molecule has 0 saturated carbocycles. The van der Waals surface area contributed by atoms with E-state index in [0.29, 0.717) is 28.6 Å². The van der Waals surface area contributed by atoms with Crippen LogP contribution in [0.1, 0.15) is 45.8 Å². The van der Waals surface area contributed by atoms with Gasteiger partial charge in [-0.25, -0.2) is 4.79 Å². The number of carbonyl (C=O) groups is 3. The summed E-state index contributed by atoms with van der Waals surface area (Å²) in [5, 5.41) is 3.34. The fourth-order valence-electron chi connectivity index (χ4n) is 3.19. The highest BCUT2D eigenvalue weighted by molar-refractivity contribution is 6.06. The SMILES string of the molecule is CCc1nc2ccccc2c(C(=O)OCC(=O)c2ccc(NC(C)=O)cc2)c1C. The Labute approximate surface area is 168 Å². The molecule has 0 unspecified atom stereocenters. The number of nitrogens with zero attached hydrogens (tertiary/aromatic N) is 1. The Kier molecular flexibility index (Phi) is 6.02. The normalized spacial score (nSPS) is 10.6. The Hall–Kier alpha value is -3.54. The number of esters is 1. The molecule has 3 rings (SSSR count). The highest BCUT2D eigenvalue weighted by Gasteiger charge is 2.20. The molecule has 1 amide bonds. The first-order valence-electron chi connectivity index (χ1n) is 9.37. The van der Waals surface area contributed by atoms with Crippen molar-refractivity contribution in [1.82, 2.24) is 4.98 Å². The molecule has 0 aliphatic rings. The van der Waals surface area contributed by atoms with E-state index >= 15 is 0 Å². The average molecular weight is 390 g/mol. The van der Waals surface area contributed by atoms with E-state index in [1.54, 1.807) is 24.3 Å². The molecule has 2 aromatic carbocycles. The number of aromatic nitrogens is 1. The second kappa shape index (κ2) is 8.65. The number of hydrogen-bond acceptors (Lipinski definition) is 5. The minimum atomic E-state index is -0.543. The monoisotopic (exact) mass is 390 g/mol. The molecule has 148 valence electrons. The predicted molar refractivity (Wildman–Crippen MR) is 111 cm³/mol. The molecular formula is C23H22N2O4.